The van der Waals surface area contributed by atoms with E-state index in [1.165, 1.54) is 6.92 Å². The molecule has 0 heterocycles. The molecule has 0 aliphatic heterocycles. The molecule has 0 aromatic heterocycles. The number of carbonyl (C=O) groups is 1. The predicted octanol–water partition coefficient (Wildman–Crippen LogP) is 1.97. The van der Waals surface area contributed by atoms with Gasteiger partial charge in [-0.25, -0.2) is 0 Å². The lowest BCUT2D eigenvalue weighted by atomic mass is 10.1. The number of hydrogen-bond acceptors (Lipinski definition) is 3. The minimum absolute atomic E-state index is 0.299. The highest BCUT2D eigenvalue weighted by molar-refractivity contribution is 5.69. The highest BCUT2D eigenvalue weighted by Crippen LogP contribution is 2.18. The van der Waals surface area contributed by atoms with Crippen LogP contribution < -0.4 is 10.5 Å². The van der Waals surface area contributed by atoms with Gasteiger partial charge in [0.05, 0.1) is 6.67 Å². The maximum atomic E-state index is 12.0. The van der Waals surface area contributed by atoms with Crippen LogP contribution in [0.15, 0.2) is 24.3 Å². The summed E-state index contributed by atoms with van der Waals surface area (Å²) < 4.78 is 16.9. The van der Waals surface area contributed by atoms with Crippen molar-refractivity contribution in [2.45, 2.75) is 19.4 Å². The highest BCUT2D eigenvalue weighted by atomic mass is 19.1. The molecule has 0 bridgehead atoms. The normalized spacial score (nSPS) is 12.2. The van der Waals surface area contributed by atoms with Gasteiger partial charge in [-0.15, -0.1) is 0 Å². The molecule has 0 spiro atoms. The number of rotatable bonds is 4. The Morgan fingerprint density at radius 2 is 2.07 bits per heavy atom. The van der Waals surface area contributed by atoms with Gasteiger partial charge in [-0.2, -0.15) is 0 Å². The molecule has 1 atom stereocenters. The van der Waals surface area contributed by atoms with E-state index in [2.05, 4.69) is 0 Å². The fourth-order valence-electron chi connectivity index (χ4n) is 1.23. The second-order valence-corrected chi connectivity index (χ2v) is 3.25. The Morgan fingerprint density at radius 1 is 1.47 bits per heavy atom. The Balaban J connectivity index is 2.67. The van der Waals surface area contributed by atoms with Gasteiger partial charge >= 0.3 is 5.97 Å². The van der Waals surface area contributed by atoms with Crippen LogP contribution in [-0.4, -0.2) is 12.6 Å². The summed E-state index contributed by atoms with van der Waals surface area (Å²) in [6.45, 7) is 0.898. The quantitative estimate of drug-likeness (QED) is 0.612. The van der Waals surface area contributed by atoms with Crippen LogP contribution in [0.2, 0.25) is 0 Å². The summed E-state index contributed by atoms with van der Waals surface area (Å²) in [6, 6.07) is 6.46. The van der Waals surface area contributed by atoms with Crippen molar-refractivity contribution in [1.82, 2.24) is 0 Å². The van der Waals surface area contributed by atoms with E-state index in [-0.39, 0.29) is 12.0 Å². The first kappa shape index (κ1) is 11.7. The van der Waals surface area contributed by atoms with Crippen molar-refractivity contribution in [2.75, 3.05) is 6.67 Å². The SMILES string of the molecule is CC(=O)Oc1ccc([C@@H](N)CCF)cc1. The number of hydrogen-bond donors (Lipinski definition) is 1. The molecular formula is C11H14FNO2. The number of benzene rings is 1. The number of carbonyl (C=O) groups excluding carboxylic acids is 1. The number of alkyl halides is 1. The molecule has 0 aliphatic rings. The first-order valence-electron chi connectivity index (χ1n) is 4.73. The van der Waals surface area contributed by atoms with E-state index in [1.807, 2.05) is 0 Å². The molecular weight excluding hydrogens is 197 g/mol. The third-order valence-corrected chi connectivity index (χ3v) is 1.99. The topological polar surface area (TPSA) is 52.3 Å². The number of ether oxygens (including phenoxy) is 1. The average molecular weight is 211 g/mol. The second kappa shape index (κ2) is 5.46. The lowest BCUT2D eigenvalue weighted by Gasteiger charge is -2.10. The molecule has 0 amide bonds. The predicted molar refractivity (Wildman–Crippen MR) is 55.3 cm³/mol. The van der Waals surface area contributed by atoms with Crippen molar-refractivity contribution in [3.63, 3.8) is 0 Å². The third-order valence-electron chi connectivity index (χ3n) is 1.99. The zero-order valence-corrected chi connectivity index (χ0v) is 8.57. The molecule has 1 aromatic rings. The third kappa shape index (κ3) is 3.67. The lowest BCUT2D eigenvalue weighted by molar-refractivity contribution is -0.131. The van der Waals surface area contributed by atoms with Crippen LogP contribution in [0.25, 0.3) is 0 Å². The second-order valence-electron chi connectivity index (χ2n) is 3.25. The first-order chi connectivity index (χ1) is 7.13. The van der Waals surface area contributed by atoms with E-state index < -0.39 is 6.67 Å². The summed E-state index contributed by atoms with van der Waals surface area (Å²) in [5, 5.41) is 0. The maximum absolute atomic E-state index is 12.0. The maximum Gasteiger partial charge on any atom is 0.308 e. The molecule has 0 radical (unpaired) electrons. The van der Waals surface area contributed by atoms with Gasteiger partial charge in [-0.1, -0.05) is 12.1 Å². The molecule has 0 unspecified atom stereocenters. The average Bonchev–Trinajstić information content (AvgIpc) is 2.18. The summed E-state index contributed by atoms with van der Waals surface area (Å²) in [5.74, 6) is 0.106. The van der Waals surface area contributed by atoms with E-state index in [0.717, 1.165) is 5.56 Å². The van der Waals surface area contributed by atoms with E-state index in [0.29, 0.717) is 12.2 Å². The van der Waals surface area contributed by atoms with Crippen LogP contribution >= 0.6 is 0 Å². The zero-order valence-electron chi connectivity index (χ0n) is 8.57. The molecule has 2 N–H and O–H groups in total. The molecule has 3 nitrogen and oxygen atoms in total. The van der Waals surface area contributed by atoms with Crippen molar-refractivity contribution in [3.05, 3.63) is 29.8 Å². The summed E-state index contributed by atoms with van der Waals surface area (Å²) >= 11 is 0. The standard InChI is InChI=1S/C11H14FNO2/c1-8(14)15-10-4-2-9(3-5-10)11(13)6-7-12/h2-5,11H,6-7,13H2,1H3/t11-/m0/s1. The molecule has 0 saturated carbocycles. The van der Waals surface area contributed by atoms with Gasteiger partial charge < -0.3 is 10.5 Å². The minimum atomic E-state index is -0.438. The van der Waals surface area contributed by atoms with E-state index >= 15 is 0 Å². The largest absolute Gasteiger partial charge is 0.427 e. The van der Waals surface area contributed by atoms with Crippen LogP contribution in [0.5, 0.6) is 5.75 Å². The number of halogens is 1. The van der Waals surface area contributed by atoms with Crippen molar-refractivity contribution >= 4 is 5.97 Å². The van der Waals surface area contributed by atoms with Crippen molar-refractivity contribution in [2.24, 2.45) is 5.73 Å². The molecule has 0 saturated heterocycles. The van der Waals surface area contributed by atoms with E-state index in [1.54, 1.807) is 24.3 Å². The minimum Gasteiger partial charge on any atom is -0.427 e. The zero-order chi connectivity index (χ0) is 11.3. The van der Waals surface area contributed by atoms with Crippen molar-refractivity contribution in [1.29, 1.82) is 0 Å². The van der Waals surface area contributed by atoms with Gasteiger partial charge in [-0.3, -0.25) is 9.18 Å². The Bertz CT molecular complexity index is 324. The molecule has 1 rings (SSSR count). The summed E-state index contributed by atoms with van der Waals surface area (Å²) in [7, 11) is 0. The highest BCUT2D eigenvalue weighted by Gasteiger charge is 2.05. The molecule has 1 aromatic carbocycles. The van der Waals surface area contributed by atoms with Gasteiger partial charge in [0, 0.05) is 13.0 Å². The van der Waals surface area contributed by atoms with E-state index in [4.69, 9.17) is 10.5 Å². The molecule has 15 heavy (non-hydrogen) atoms. The van der Waals surface area contributed by atoms with Crippen molar-refractivity contribution < 1.29 is 13.9 Å². The molecule has 0 fully saturated rings. The van der Waals surface area contributed by atoms with Gasteiger partial charge in [0.25, 0.3) is 0 Å². The Labute approximate surface area is 88.0 Å². The molecule has 82 valence electrons. The van der Waals surface area contributed by atoms with Gasteiger partial charge in [0.15, 0.2) is 0 Å². The van der Waals surface area contributed by atoms with Crippen LogP contribution in [-0.2, 0) is 4.79 Å². The van der Waals surface area contributed by atoms with Crippen molar-refractivity contribution in [3.8, 4) is 5.75 Å². The Morgan fingerprint density at radius 3 is 2.53 bits per heavy atom. The monoisotopic (exact) mass is 211 g/mol. The number of nitrogens with two attached hydrogens (primary N) is 1. The van der Waals surface area contributed by atoms with Crippen LogP contribution in [0, 0.1) is 0 Å². The summed E-state index contributed by atoms with van der Waals surface area (Å²) in [5.41, 5.74) is 6.55. The summed E-state index contributed by atoms with van der Waals surface area (Å²) in [4.78, 5) is 10.6. The molecule has 4 heteroatoms. The van der Waals surface area contributed by atoms with Crippen LogP contribution in [0.3, 0.4) is 0 Å². The fourth-order valence-corrected chi connectivity index (χ4v) is 1.23. The molecule has 0 aliphatic carbocycles. The van der Waals surface area contributed by atoms with Crippen LogP contribution in [0.1, 0.15) is 24.9 Å². The van der Waals surface area contributed by atoms with Crippen LogP contribution in [0.4, 0.5) is 4.39 Å². The summed E-state index contributed by atoms with van der Waals surface area (Å²) in [6.07, 6.45) is 0.299. The Hall–Kier alpha value is -1.42. The van der Waals surface area contributed by atoms with Gasteiger partial charge in [0.2, 0.25) is 0 Å². The fraction of sp³-hybridized carbons (Fsp3) is 0.364. The smallest absolute Gasteiger partial charge is 0.308 e. The van der Waals surface area contributed by atoms with Gasteiger partial charge in [-0.05, 0) is 24.1 Å². The Kier molecular flexibility index (Phi) is 4.24. The van der Waals surface area contributed by atoms with E-state index in [9.17, 15) is 9.18 Å². The number of esters is 1. The first-order valence-corrected chi connectivity index (χ1v) is 4.73. The lowest BCUT2D eigenvalue weighted by Crippen LogP contribution is -2.10. The van der Waals surface area contributed by atoms with Gasteiger partial charge in [0.1, 0.15) is 5.75 Å².